The van der Waals surface area contributed by atoms with Gasteiger partial charge < -0.3 is 20.9 Å². The number of hydrogen-bond acceptors (Lipinski definition) is 8. The van der Waals surface area contributed by atoms with Crippen molar-refractivity contribution in [2.24, 2.45) is 0 Å². The lowest BCUT2D eigenvalue weighted by atomic mass is 9.96. The van der Waals surface area contributed by atoms with E-state index in [4.69, 9.17) is 56.9 Å². The molecule has 0 aliphatic carbocycles. The average Bonchev–Trinajstić information content (AvgIpc) is 2.90. The molecule has 4 unspecified atom stereocenters. The Morgan fingerprint density at radius 1 is 0.639 bits per heavy atom. The van der Waals surface area contributed by atoms with Gasteiger partial charge >= 0.3 is 0 Å². The number of hydrogen-bond donors (Lipinski definition) is 2. The number of nitrogens with zero attached hydrogens (tertiary/aromatic N) is 4. The molecule has 0 radical (unpaired) electrons. The van der Waals surface area contributed by atoms with Gasteiger partial charge in [0.2, 0.25) is 0 Å². The highest BCUT2D eigenvalue weighted by Gasteiger charge is 2.27. The van der Waals surface area contributed by atoms with Crippen LogP contribution in [0.15, 0.2) is 60.7 Å². The summed E-state index contributed by atoms with van der Waals surface area (Å²) in [6.07, 6.45) is 0. The van der Waals surface area contributed by atoms with Gasteiger partial charge in [-0.3, -0.25) is 10.4 Å². The van der Waals surface area contributed by atoms with E-state index in [1.54, 1.807) is 24.3 Å². The molecule has 0 aromatic heterocycles. The maximum absolute atomic E-state index is 11.6. The molecule has 36 heavy (non-hydrogen) atoms. The number of benzene rings is 3. The molecule has 0 heterocycles. The van der Waals surface area contributed by atoms with Crippen LogP contribution in [0.25, 0.3) is 0 Å². The fraction of sp³-hybridized carbons (Fsp3) is 0.167. The average molecular weight is 566 g/mol. The number of alkyl halides is 4. The monoisotopic (exact) mass is 564 g/mol. The van der Waals surface area contributed by atoms with Crippen molar-refractivity contribution in [2.45, 2.75) is 21.5 Å². The zero-order chi connectivity index (χ0) is 26.6. The normalized spacial score (nSPS) is 14.2. The van der Waals surface area contributed by atoms with E-state index in [2.05, 4.69) is 0 Å². The van der Waals surface area contributed by atoms with Crippen LogP contribution < -0.4 is 10.5 Å². The summed E-state index contributed by atoms with van der Waals surface area (Å²) < 4.78 is 0. The fourth-order valence-electron chi connectivity index (χ4n) is 3.58. The smallest absolute Gasteiger partial charge is 0.0992 e. The SMILES string of the molecule is N#Cc1ccc(C(Cl)C(Cl)c2cccc(C(Cl)C(Cl)c3ccc(C#N)cc3N([O-])O)c2)c(N([O-])O)c1. The summed E-state index contributed by atoms with van der Waals surface area (Å²) in [5.74, 6) is 0. The second-order valence-corrected chi connectivity index (χ2v) is 9.47. The molecule has 12 heteroatoms. The summed E-state index contributed by atoms with van der Waals surface area (Å²) in [6.45, 7) is 0. The molecule has 3 rings (SSSR count). The first-order chi connectivity index (χ1) is 17.1. The van der Waals surface area contributed by atoms with Crippen LogP contribution in [0, 0.1) is 33.1 Å². The van der Waals surface area contributed by atoms with E-state index in [0.717, 1.165) is 0 Å². The number of halogens is 4. The summed E-state index contributed by atoms with van der Waals surface area (Å²) in [7, 11) is 0. The molecule has 0 amide bonds. The molecule has 3 aromatic carbocycles. The first kappa shape index (κ1) is 27.8. The fourth-order valence-corrected chi connectivity index (χ4v) is 4.78. The lowest BCUT2D eigenvalue weighted by Gasteiger charge is -2.29. The Morgan fingerprint density at radius 2 is 1.03 bits per heavy atom. The molecule has 0 spiro atoms. The topological polar surface area (TPSA) is 141 Å². The molecule has 0 saturated heterocycles. The number of anilines is 2. The van der Waals surface area contributed by atoms with Gasteiger partial charge in [-0.25, -0.2) is 0 Å². The van der Waals surface area contributed by atoms with Crippen molar-refractivity contribution in [1.29, 1.82) is 10.5 Å². The molecular weight excluding hydrogens is 550 g/mol. The zero-order valence-corrected chi connectivity index (χ0v) is 21.1. The highest BCUT2D eigenvalue weighted by molar-refractivity contribution is 6.31. The standard InChI is InChI=1S/C24H16Cl4N4O4/c25-21(23(27)17-6-4-13(11-29)8-19(17)31(33)34)15-2-1-3-16(10-15)22(26)24(28)18-7-5-14(12-30)9-20(18)32(35)36/h1-10,21-24,33,35H/q-2. The van der Waals surface area contributed by atoms with Crippen LogP contribution in [-0.2, 0) is 0 Å². The molecule has 186 valence electrons. The molecule has 3 aromatic rings. The van der Waals surface area contributed by atoms with E-state index in [1.807, 2.05) is 12.1 Å². The van der Waals surface area contributed by atoms with Crippen molar-refractivity contribution < 1.29 is 10.4 Å². The Morgan fingerprint density at radius 3 is 1.36 bits per heavy atom. The number of nitriles is 2. The summed E-state index contributed by atoms with van der Waals surface area (Å²) in [6, 6.07) is 18.6. The van der Waals surface area contributed by atoms with E-state index in [1.165, 1.54) is 36.4 Å². The third-order valence-electron chi connectivity index (χ3n) is 5.39. The zero-order valence-electron chi connectivity index (χ0n) is 18.1. The van der Waals surface area contributed by atoms with E-state index >= 15 is 0 Å². The van der Waals surface area contributed by atoms with E-state index < -0.39 is 21.5 Å². The second kappa shape index (κ2) is 12.0. The third-order valence-corrected chi connectivity index (χ3v) is 7.63. The van der Waals surface area contributed by atoms with Crippen molar-refractivity contribution in [3.05, 3.63) is 104 Å². The minimum Gasteiger partial charge on any atom is -0.733 e. The van der Waals surface area contributed by atoms with Crippen LogP contribution in [0.4, 0.5) is 11.4 Å². The largest absolute Gasteiger partial charge is 0.733 e. The molecule has 0 fully saturated rings. The second-order valence-electron chi connectivity index (χ2n) is 7.59. The van der Waals surface area contributed by atoms with E-state index in [9.17, 15) is 20.8 Å². The first-order valence-corrected chi connectivity index (χ1v) is 11.9. The Kier molecular flexibility index (Phi) is 9.26. The van der Waals surface area contributed by atoms with E-state index in [-0.39, 0.29) is 44.1 Å². The quantitative estimate of drug-likeness (QED) is 0.213. The summed E-state index contributed by atoms with van der Waals surface area (Å²) in [5.41, 5.74) is 1.32. The van der Waals surface area contributed by atoms with Crippen LogP contribution in [0.5, 0.6) is 0 Å². The van der Waals surface area contributed by atoms with Crippen LogP contribution in [0.2, 0.25) is 0 Å². The summed E-state index contributed by atoms with van der Waals surface area (Å²) in [5, 5.41) is 55.8. The van der Waals surface area contributed by atoms with Gasteiger partial charge in [0.05, 0.1) is 56.1 Å². The van der Waals surface area contributed by atoms with Crippen LogP contribution in [0.3, 0.4) is 0 Å². The molecule has 0 aliphatic rings. The maximum atomic E-state index is 11.6. The number of rotatable bonds is 8. The van der Waals surface area contributed by atoms with Crippen molar-refractivity contribution in [2.75, 3.05) is 10.5 Å². The van der Waals surface area contributed by atoms with Crippen molar-refractivity contribution >= 4 is 57.8 Å². The molecular formula is C24H16Cl4N4O4-2. The minimum absolute atomic E-state index is 0.153. The lowest BCUT2D eigenvalue weighted by molar-refractivity contribution is 0.295. The van der Waals surface area contributed by atoms with Gasteiger partial charge in [0, 0.05) is 0 Å². The van der Waals surface area contributed by atoms with Gasteiger partial charge in [0.1, 0.15) is 0 Å². The van der Waals surface area contributed by atoms with Gasteiger partial charge in [-0.2, -0.15) is 10.5 Å². The molecule has 2 N–H and O–H groups in total. The molecule has 4 atom stereocenters. The maximum Gasteiger partial charge on any atom is 0.0992 e. The molecule has 0 aliphatic heterocycles. The first-order valence-electron chi connectivity index (χ1n) is 10.2. The summed E-state index contributed by atoms with van der Waals surface area (Å²) in [4.78, 5) is 0. The van der Waals surface area contributed by atoms with Gasteiger partial charge in [-0.1, -0.05) is 36.4 Å². The van der Waals surface area contributed by atoms with Gasteiger partial charge in [-0.15, -0.1) is 46.4 Å². The Hall–Kier alpha value is -2.76. The van der Waals surface area contributed by atoms with Crippen LogP contribution >= 0.6 is 46.4 Å². The van der Waals surface area contributed by atoms with Gasteiger partial charge in [-0.05, 0) is 46.5 Å². The van der Waals surface area contributed by atoms with Crippen molar-refractivity contribution in [3.8, 4) is 12.1 Å². The predicted molar refractivity (Wildman–Crippen MR) is 138 cm³/mol. The predicted octanol–water partition coefficient (Wildman–Crippen LogP) is 7.34. The molecule has 0 bridgehead atoms. The lowest BCUT2D eigenvalue weighted by Crippen LogP contribution is -2.13. The Balaban J connectivity index is 1.92. The van der Waals surface area contributed by atoms with Crippen molar-refractivity contribution in [3.63, 3.8) is 0 Å². The van der Waals surface area contributed by atoms with Gasteiger partial charge in [0.25, 0.3) is 0 Å². The summed E-state index contributed by atoms with van der Waals surface area (Å²) >= 11 is 26.4. The van der Waals surface area contributed by atoms with Gasteiger partial charge in [0.15, 0.2) is 0 Å². The van der Waals surface area contributed by atoms with Crippen molar-refractivity contribution in [1.82, 2.24) is 0 Å². The third kappa shape index (κ3) is 5.96. The Bertz CT molecular complexity index is 1230. The minimum atomic E-state index is -0.984. The van der Waals surface area contributed by atoms with E-state index in [0.29, 0.717) is 11.1 Å². The highest BCUT2D eigenvalue weighted by atomic mass is 35.5. The Labute approximate surface area is 226 Å². The highest BCUT2D eigenvalue weighted by Crippen LogP contribution is 2.46. The van der Waals surface area contributed by atoms with Crippen LogP contribution in [-0.4, -0.2) is 10.4 Å². The molecule has 8 nitrogen and oxygen atoms in total. The molecule has 0 saturated carbocycles. The van der Waals surface area contributed by atoms with Crippen LogP contribution in [0.1, 0.15) is 54.9 Å².